The Kier molecular flexibility index (Phi) is 0.834. The molecular weight excluding hydrogens is 138 g/mol. The van der Waals surface area contributed by atoms with Crippen LogP contribution >= 0.6 is 19.0 Å². The first kappa shape index (κ1) is 4.48. The predicted molar refractivity (Wildman–Crippen MR) is 23.6 cm³/mol. The number of hydrogen-bond donors (Lipinski definition) is 0. The summed E-state index contributed by atoms with van der Waals surface area (Å²) in [6, 6.07) is 0. The summed E-state index contributed by atoms with van der Waals surface area (Å²) in [6.07, 6.45) is -0.271. The molecule has 2 aliphatic heterocycles. The molecule has 0 N–H and O–H groups in total. The molecule has 0 radical (unpaired) electrons. The van der Waals surface area contributed by atoms with Crippen LogP contribution in [0.3, 0.4) is 0 Å². The molecule has 2 atom stereocenters. The van der Waals surface area contributed by atoms with Gasteiger partial charge in [0.2, 0.25) is 12.6 Å². The third kappa shape index (κ3) is 0.655. The van der Waals surface area contributed by atoms with Crippen LogP contribution in [-0.4, -0.2) is 12.6 Å². The zero-order chi connectivity index (χ0) is 4.85. The van der Waals surface area contributed by atoms with Gasteiger partial charge >= 0.3 is 0 Å². The second-order valence-electron chi connectivity index (χ2n) is 1.30. The smallest absolute Gasteiger partial charge is 0.282 e. The average molecular weight is 140 g/mol. The molecule has 0 saturated carbocycles. The zero-order valence-corrected chi connectivity index (χ0v) is 4.85. The third-order valence-electron chi connectivity index (χ3n) is 0.787. The van der Waals surface area contributed by atoms with Gasteiger partial charge in [-0.15, -0.1) is 0 Å². The van der Waals surface area contributed by atoms with E-state index in [1.807, 2.05) is 0 Å². The van der Waals surface area contributed by atoms with Gasteiger partial charge in [0.1, 0.15) is 0 Å². The summed E-state index contributed by atoms with van der Waals surface area (Å²) in [7, 11) is -1.11. The minimum Gasteiger partial charge on any atom is -0.312 e. The second-order valence-corrected chi connectivity index (χ2v) is 2.97. The number of rotatable bonds is 0. The molecule has 0 spiro atoms. The highest BCUT2D eigenvalue weighted by molar-refractivity contribution is 7.76. The van der Waals surface area contributed by atoms with Crippen LogP contribution in [0.25, 0.3) is 0 Å². The molecular formula is C2H2ClO3P. The van der Waals surface area contributed by atoms with Crippen molar-refractivity contribution in [2.75, 3.05) is 0 Å². The van der Waals surface area contributed by atoms with Crippen LogP contribution in [0.2, 0.25) is 0 Å². The number of epoxide rings is 1. The van der Waals surface area contributed by atoms with Crippen LogP contribution in [0.1, 0.15) is 0 Å². The van der Waals surface area contributed by atoms with Gasteiger partial charge in [0.05, 0.1) is 0 Å². The van der Waals surface area contributed by atoms with Crippen LogP contribution in [0.5, 0.6) is 0 Å². The van der Waals surface area contributed by atoms with Crippen molar-refractivity contribution in [1.29, 1.82) is 0 Å². The molecule has 2 unspecified atom stereocenters. The molecule has 0 amide bonds. The van der Waals surface area contributed by atoms with Crippen molar-refractivity contribution in [3.8, 4) is 0 Å². The van der Waals surface area contributed by atoms with E-state index in [-0.39, 0.29) is 12.6 Å². The highest BCUT2D eigenvalue weighted by Crippen LogP contribution is 2.58. The molecule has 0 aromatic rings. The Balaban J connectivity index is 2.02. The van der Waals surface area contributed by atoms with E-state index in [4.69, 9.17) is 25.0 Å². The number of hydrogen-bond acceptors (Lipinski definition) is 3. The predicted octanol–water partition coefficient (Wildman–Crippen LogP) is 1.18. The zero-order valence-electron chi connectivity index (χ0n) is 3.20. The van der Waals surface area contributed by atoms with Crippen LogP contribution in [0.15, 0.2) is 0 Å². The van der Waals surface area contributed by atoms with Gasteiger partial charge in [-0.05, 0) is 11.2 Å². The quantitative estimate of drug-likeness (QED) is 0.374. The van der Waals surface area contributed by atoms with Crippen molar-refractivity contribution in [2.45, 2.75) is 12.6 Å². The lowest BCUT2D eigenvalue weighted by Gasteiger charge is -1.96. The molecule has 0 aliphatic carbocycles. The molecule has 2 saturated heterocycles. The van der Waals surface area contributed by atoms with Gasteiger partial charge < -0.3 is 4.74 Å². The summed E-state index contributed by atoms with van der Waals surface area (Å²) >= 11 is 5.38. The molecule has 5 heteroatoms. The minimum atomic E-state index is -1.11. The fourth-order valence-corrected chi connectivity index (χ4v) is 1.57. The molecule has 0 aromatic carbocycles. The summed E-state index contributed by atoms with van der Waals surface area (Å²) in [5.74, 6) is 0. The van der Waals surface area contributed by atoms with E-state index in [9.17, 15) is 0 Å². The first-order chi connectivity index (χ1) is 3.36. The van der Waals surface area contributed by atoms with Gasteiger partial charge in [-0.3, -0.25) is 9.05 Å². The largest absolute Gasteiger partial charge is 0.312 e. The van der Waals surface area contributed by atoms with Gasteiger partial charge in [0, 0.05) is 0 Å². The lowest BCUT2D eigenvalue weighted by atomic mass is 10.8. The summed E-state index contributed by atoms with van der Waals surface area (Å²) in [6.45, 7) is 0. The Morgan fingerprint density at radius 3 is 2.14 bits per heavy atom. The fraction of sp³-hybridized carbons (Fsp3) is 1.00. The summed E-state index contributed by atoms with van der Waals surface area (Å²) < 4.78 is 14.4. The van der Waals surface area contributed by atoms with E-state index in [1.165, 1.54) is 0 Å². The molecule has 2 heterocycles. The lowest BCUT2D eigenvalue weighted by Crippen LogP contribution is -1.79. The molecule has 2 aliphatic rings. The van der Waals surface area contributed by atoms with E-state index >= 15 is 0 Å². The Hall–Kier alpha value is 0.600. The first-order valence-electron chi connectivity index (χ1n) is 1.81. The molecule has 2 fully saturated rings. The third-order valence-corrected chi connectivity index (χ3v) is 2.01. The maximum Gasteiger partial charge on any atom is 0.282 e. The normalized spacial score (nSPS) is 57.0. The van der Waals surface area contributed by atoms with E-state index < -0.39 is 7.73 Å². The molecule has 40 valence electrons. The molecule has 0 aromatic heterocycles. The van der Waals surface area contributed by atoms with Gasteiger partial charge in [0.15, 0.2) is 0 Å². The molecule has 2 rings (SSSR count). The fourth-order valence-electron chi connectivity index (χ4n) is 0.424. The highest BCUT2D eigenvalue weighted by Gasteiger charge is 2.51. The first-order valence-corrected chi connectivity index (χ1v) is 3.89. The van der Waals surface area contributed by atoms with Crippen LogP contribution in [0, 0.1) is 0 Å². The summed E-state index contributed by atoms with van der Waals surface area (Å²) in [5.41, 5.74) is 0. The summed E-state index contributed by atoms with van der Waals surface area (Å²) in [4.78, 5) is 0. The van der Waals surface area contributed by atoms with Crippen LogP contribution < -0.4 is 0 Å². The Bertz CT molecular complexity index is 88.9. The van der Waals surface area contributed by atoms with Gasteiger partial charge in [-0.2, -0.15) is 0 Å². The lowest BCUT2D eigenvalue weighted by molar-refractivity contribution is 0.127. The molecule has 7 heavy (non-hydrogen) atoms. The number of halogens is 1. The summed E-state index contributed by atoms with van der Waals surface area (Å²) in [5, 5.41) is 0. The number of fused-ring (bicyclic) bond motifs is 1. The Labute approximate surface area is 46.2 Å². The van der Waals surface area contributed by atoms with Crippen molar-refractivity contribution in [3.63, 3.8) is 0 Å². The van der Waals surface area contributed by atoms with Crippen molar-refractivity contribution in [2.24, 2.45) is 0 Å². The average Bonchev–Trinajstić information content (AvgIpc) is 2.15. The van der Waals surface area contributed by atoms with E-state index in [1.54, 1.807) is 0 Å². The molecule has 0 bridgehead atoms. The van der Waals surface area contributed by atoms with Crippen LogP contribution in [-0.2, 0) is 13.8 Å². The van der Waals surface area contributed by atoms with Crippen LogP contribution in [0.4, 0.5) is 0 Å². The van der Waals surface area contributed by atoms with Crippen molar-refractivity contribution in [1.82, 2.24) is 0 Å². The highest BCUT2D eigenvalue weighted by atomic mass is 35.7. The molecule has 3 nitrogen and oxygen atoms in total. The maximum atomic E-state index is 5.38. The Morgan fingerprint density at radius 1 is 1.29 bits per heavy atom. The Morgan fingerprint density at radius 2 is 1.86 bits per heavy atom. The standard InChI is InChI=1S/C2H2ClO3P/c3-7-5-1-2(4-1)6-7/h1-2H. The van der Waals surface area contributed by atoms with Crippen molar-refractivity contribution in [3.05, 3.63) is 0 Å². The topological polar surface area (TPSA) is 31.0 Å². The van der Waals surface area contributed by atoms with Gasteiger partial charge in [0.25, 0.3) is 7.73 Å². The second kappa shape index (κ2) is 1.30. The number of ether oxygens (including phenoxy) is 1. The van der Waals surface area contributed by atoms with Crippen molar-refractivity contribution < 1.29 is 13.8 Å². The van der Waals surface area contributed by atoms with E-state index in [0.717, 1.165) is 0 Å². The SMILES string of the molecule is ClP1OC2OC2O1. The maximum absolute atomic E-state index is 5.38. The van der Waals surface area contributed by atoms with E-state index in [2.05, 4.69) is 0 Å². The van der Waals surface area contributed by atoms with Gasteiger partial charge in [-0.25, -0.2) is 0 Å². The minimum absolute atomic E-state index is 0.136. The van der Waals surface area contributed by atoms with E-state index in [0.29, 0.717) is 0 Å². The van der Waals surface area contributed by atoms with Gasteiger partial charge in [-0.1, -0.05) is 0 Å². The monoisotopic (exact) mass is 140 g/mol. The van der Waals surface area contributed by atoms with Crippen molar-refractivity contribution >= 4 is 19.0 Å².